The van der Waals surface area contributed by atoms with Gasteiger partial charge in [-0.25, -0.2) is 8.78 Å². The van der Waals surface area contributed by atoms with E-state index in [1.54, 1.807) is 17.0 Å². The maximum atomic E-state index is 12.4. The average Bonchev–Trinajstić information content (AvgIpc) is 2.50. The zero-order chi connectivity index (χ0) is 17.0. The lowest BCUT2D eigenvalue weighted by molar-refractivity contribution is -0.121. The number of hydrogen-bond donors (Lipinski definition) is 1. The van der Waals surface area contributed by atoms with Gasteiger partial charge in [0.2, 0.25) is 5.91 Å². The van der Waals surface area contributed by atoms with Gasteiger partial charge in [0.25, 0.3) is 6.43 Å². The van der Waals surface area contributed by atoms with E-state index in [1.807, 2.05) is 6.92 Å². The first-order valence-electron chi connectivity index (χ1n) is 7.56. The Kier molecular flexibility index (Phi) is 6.18. The summed E-state index contributed by atoms with van der Waals surface area (Å²) in [5.74, 6) is 0.218. The minimum atomic E-state index is -2.33. The Balaban J connectivity index is 1.97. The van der Waals surface area contributed by atoms with Crippen LogP contribution in [-0.2, 0) is 4.79 Å². The third-order valence-electron chi connectivity index (χ3n) is 4.09. The van der Waals surface area contributed by atoms with E-state index in [0.29, 0.717) is 42.4 Å². The van der Waals surface area contributed by atoms with Crippen molar-refractivity contribution >= 4 is 23.2 Å². The summed E-state index contributed by atoms with van der Waals surface area (Å²) in [5, 5.41) is 3.44. The number of nitrogens with one attached hydrogen (secondary N) is 1. The molecule has 1 aliphatic rings. The van der Waals surface area contributed by atoms with E-state index >= 15 is 0 Å². The van der Waals surface area contributed by atoms with Crippen molar-refractivity contribution in [3.8, 4) is 5.75 Å². The first-order chi connectivity index (χ1) is 10.9. The summed E-state index contributed by atoms with van der Waals surface area (Å²) in [5.41, 5.74) is 1.42. The van der Waals surface area contributed by atoms with Crippen LogP contribution in [0, 0.1) is 12.8 Å². The molecule has 1 heterocycles. The Morgan fingerprint density at radius 2 is 2.09 bits per heavy atom. The molecule has 128 valence electrons. The van der Waals surface area contributed by atoms with Crippen LogP contribution in [0.1, 0.15) is 18.4 Å². The largest absolute Gasteiger partial charge is 0.495 e. The van der Waals surface area contributed by atoms with Crippen LogP contribution in [-0.4, -0.2) is 44.0 Å². The molecule has 7 heteroatoms. The molecule has 0 aromatic heterocycles. The number of aryl methyl sites for hydroxylation is 1. The molecule has 2 rings (SSSR count). The molecule has 1 aliphatic heterocycles. The van der Waals surface area contributed by atoms with Crippen molar-refractivity contribution in [3.05, 3.63) is 22.7 Å². The number of carbonyl (C=O) groups excluding carboxylic acids is 1. The lowest BCUT2D eigenvalue weighted by Crippen LogP contribution is -2.40. The molecule has 1 aromatic rings. The predicted molar refractivity (Wildman–Crippen MR) is 86.5 cm³/mol. The molecule has 0 aliphatic carbocycles. The summed E-state index contributed by atoms with van der Waals surface area (Å²) in [6, 6.07) is 3.43. The molecule has 0 spiro atoms. The first-order valence-corrected chi connectivity index (χ1v) is 7.94. The Hall–Kier alpha value is -1.40. The average molecular weight is 347 g/mol. The Labute approximate surface area is 139 Å². The van der Waals surface area contributed by atoms with Gasteiger partial charge in [0.05, 0.1) is 19.3 Å². The third-order valence-corrected chi connectivity index (χ3v) is 4.50. The normalized spacial score (nSPS) is 16.6. The lowest BCUT2D eigenvalue weighted by atomic mass is 9.95. The molecule has 23 heavy (non-hydrogen) atoms. The molecule has 4 nitrogen and oxygen atoms in total. The summed E-state index contributed by atoms with van der Waals surface area (Å²) in [6.07, 6.45) is -1.18. The van der Waals surface area contributed by atoms with Crippen LogP contribution in [0.3, 0.4) is 0 Å². The number of anilines is 1. The Morgan fingerprint density at radius 1 is 1.43 bits per heavy atom. The molecule has 0 saturated carbocycles. The molecule has 1 N–H and O–H groups in total. The van der Waals surface area contributed by atoms with Crippen molar-refractivity contribution in [3.63, 3.8) is 0 Å². The van der Waals surface area contributed by atoms with Crippen molar-refractivity contribution in [1.82, 2.24) is 4.90 Å². The number of hydrogen-bond acceptors (Lipinski definition) is 3. The van der Waals surface area contributed by atoms with Crippen LogP contribution >= 0.6 is 11.6 Å². The minimum absolute atomic E-state index is 0.110. The van der Waals surface area contributed by atoms with Crippen LogP contribution < -0.4 is 10.1 Å². The van der Waals surface area contributed by atoms with Gasteiger partial charge in [0.15, 0.2) is 0 Å². The number of methoxy groups -OCH3 is 1. The molecule has 1 aromatic carbocycles. The molecule has 0 bridgehead atoms. The third kappa shape index (κ3) is 4.78. The second-order valence-electron chi connectivity index (χ2n) is 5.76. The van der Waals surface area contributed by atoms with Crippen molar-refractivity contribution in [2.75, 3.05) is 32.1 Å². The summed E-state index contributed by atoms with van der Waals surface area (Å²) in [4.78, 5) is 14.1. The number of benzene rings is 1. The fraction of sp³-hybridized carbons (Fsp3) is 0.562. The highest BCUT2D eigenvalue weighted by molar-refractivity contribution is 6.31. The van der Waals surface area contributed by atoms with E-state index < -0.39 is 6.43 Å². The molecule has 1 saturated heterocycles. The van der Waals surface area contributed by atoms with Gasteiger partial charge in [-0.05, 0) is 44.5 Å². The standard InChI is InChI=1S/C16H21ClF2N2O2/c1-10-7-13(14(23-2)8-12(10)17)20-16(22)11-3-5-21(6-4-11)9-15(18)19/h7-8,11,15H,3-6,9H2,1-2H3,(H,20,22). The van der Waals surface area contributed by atoms with Crippen LogP contribution in [0.2, 0.25) is 5.02 Å². The molecule has 0 radical (unpaired) electrons. The molecule has 1 amide bonds. The lowest BCUT2D eigenvalue weighted by Gasteiger charge is -2.31. The molecule has 1 fully saturated rings. The van der Waals surface area contributed by atoms with Gasteiger partial charge >= 0.3 is 0 Å². The highest BCUT2D eigenvalue weighted by atomic mass is 35.5. The second-order valence-corrected chi connectivity index (χ2v) is 6.16. The predicted octanol–water partition coefficient (Wildman–Crippen LogP) is 3.57. The number of carbonyl (C=O) groups is 1. The first kappa shape index (κ1) is 17.9. The van der Waals surface area contributed by atoms with E-state index in [9.17, 15) is 13.6 Å². The van der Waals surface area contributed by atoms with E-state index in [1.165, 1.54) is 7.11 Å². The van der Waals surface area contributed by atoms with E-state index in [2.05, 4.69) is 5.32 Å². The smallest absolute Gasteiger partial charge is 0.251 e. The summed E-state index contributed by atoms with van der Waals surface area (Å²) in [6.45, 7) is 2.65. The number of likely N-dealkylation sites (tertiary alicyclic amines) is 1. The van der Waals surface area contributed by atoms with Gasteiger partial charge < -0.3 is 10.1 Å². The number of amides is 1. The molecule has 0 unspecified atom stereocenters. The zero-order valence-electron chi connectivity index (χ0n) is 13.2. The summed E-state index contributed by atoms with van der Waals surface area (Å²) >= 11 is 6.05. The number of halogens is 3. The van der Waals surface area contributed by atoms with Crippen molar-refractivity contribution in [2.45, 2.75) is 26.2 Å². The molecule has 0 atom stereocenters. The van der Waals surface area contributed by atoms with Crippen LogP contribution in [0.4, 0.5) is 14.5 Å². The Bertz CT molecular complexity index is 561. The van der Waals surface area contributed by atoms with Crippen LogP contribution in [0.5, 0.6) is 5.75 Å². The van der Waals surface area contributed by atoms with E-state index in [0.717, 1.165) is 5.56 Å². The second kappa shape index (κ2) is 7.93. The van der Waals surface area contributed by atoms with Gasteiger partial charge in [0, 0.05) is 17.0 Å². The highest BCUT2D eigenvalue weighted by Gasteiger charge is 2.26. The van der Waals surface area contributed by atoms with Gasteiger partial charge in [-0.3, -0.25) is 9.69 Å². The fourth-order valence-electron chi connectivity index (χ4n) is 2.74. The summed E-state index contributed by atoms with van der Waals surface area (Å²) < 4.78 is 30.0. The number of ether oxygens (including phenoxy) is 1. The van der Waals surface area contributed by atoms with Gasteiger partial charge in [-0.15, -0.1) is 0 Å². The SMILES string of the molecule is COc1cc(Cl)c(C)cc1NC(=O)C1CCN(CC(F)F)CC1. The fourth-order valence-corrected chi connectivity index (χ4v) is 2.89. The topological polar surface area (TPSA) is 41.6 Å². The van der Waals surface area contributed by atoms with E-state index in [-0.39, 0.29) is 18.4 Å². The van der Waals surface area contributed by atoms with Crippen LogP contribution in [0.15, 0.2) is 12.1 Å². The van der Waals surface area contributed by atoms with Crippen LogP contribution in [0.25, 0.3) is 0 Å². The zero-order valence-corrected chi connectivity index (χ0v) is 14.0. The van der Waals surface area contributed by atoms with Crippen molar-refractivity contribution in [1.29, 1.82) is 0 Å². The Morgan fingerprint density at radius 3 is 2.65 bits per heavy atom. The van der Waals surface area contributed by atoms with Crippen molar-refractivity contribution < 1.29 is 18.3 Å². The number of piperidine rings is 1. The van der Waals surface area contributed by atoms with Gasteiger partial charge in [-0.2, -0.15) is 0 Å². The molecular weight excluding hydrogens is 326 g/mol. The van der Waals surface area contributed by atoms with Gasteiger partial charge in [-0.1, -0.05) is 11.6 Å². The minimum Gasteiger partial charge on any atom is -0.495 e. The quantitative estimate of drug-likeness (QED) is 0.886. The number of rotatable bonds is 5. The van der Waals surface area contributed by atoms with E-state index in [4.69, 9.17) is 16.3 Å². The maximum absolute atomic E-state index is 12.4. The maximum Gasteiger partial charge on any atom is 0.251 e. The highest BCUT2D eigenvalue weighted by Crippen LogP contribution is 2.32. The number of nitrogens with zero attached hydrogens (tertiary/aromatic N) is 1. The summed E-state index contributed by atoms with van der Waals surface area (Å²) in [7, 11) is 1.51. The monoisotopic (exact) mass is 346 g/mol. The number of alkyl halides is 2. The van der Waals surface area contributed by atoms with Crippen molar-refractivity contribution in [2.24, 2.45) is 5.92 Å². The van der Waals surface area contributed by atoms with Gasteiger partial charge in [0.1, 0.15) is 5.75 Å². The molecular formula is C16H21ClF2N2O2.